The van der Waals surface area contributed by atoms with Crippen molar-refractivity contribution in [2.24, 2.45) is 0 Å². The van der Waals surface area contributed by atoms with Gasteiger partial charge in [-0.05, 0) is 91.7 Å². The van der Waals surface area contributed by atoms with Gasteiger partial charge in [0.05, 0.1) is 35.4 Å². The SMILES string of the molecule is COc1ccc(S(=O)(=O)N(CC(=O)Nc2ccc(S(=O)(=O)Nc3cc(C)ccc3C)cc2)c2ccc(Cl)cc2)cc1OC. The fraction of sp³-hybridized carbons (Fsp3) is 0.167. The van der Waals surface area contributed by atoms with Crippen molar-refractivity contribution in [2.75, 3.05) is 35.1 Å². The number of carbonyl (C=O) groups is 1. The number of nitrogens with zero attached hydrogens (tertiary/aromatic N) is 1. The van der Waals surface area contributed by atoms with Crippen molar-refractivity contribution in [3.63, 3.8) is 0 Å². The number of carbonyl (C=O) groups excluding carboxylic acids is 1. The summed E-state index contributed by atoms with van der Waals surface area (Å²) >= 11 is 6.01. The van der Waals surface area contributed by atoms with Gasteiger partial charge in [-0.1, -0.05) is 23.7 Å². The maximum atomic E-state index is 13.8. The van der Waals surface area contributed by atoms with Gasteiger partial charge in [-0.2, -0.15) is 0 Å². The summed E-state index contributed by atoms with van der Waals surface area (Å²) in [5, 5.41) is 3.02. The number of sulfonamides is 2. The molecule has 0 aliphatic rings. The summed E-state index contributed by atoms with van der Waals surface area (Å²) in [5.74, 6) is -0.124. The summed E-state index contributed by atoms with van der Waals surface area (Å²) in [6.07, 6.45) is 0. The first kappa shape index (κ1) is 31.7. The Morgan fingerprint density at radius 2 is 1.42 bits per heavy atom. The summed E-state index contributed by atoms with van der Waals surface area (Å²) in [5.41, 5.74) is 2.62. The number of hydrogen-bond acceptors (Lipinski definition) is 7. The minimum absolute atomic E-state index is 0.00905. The zero-order valence-corrected chi connectivity index (χ0v) is 26.2. The number of amides is 1. The van der Waals surface area contributed by atoms with E-state index in [-0.39, 0.29) is 26.9 Å². The number of rotatable bonds is 11. The number of benzene rings is 4. The van der Waals surface area contributed by atoms with Crippen LogP contribution in [0.15, 0.2) is 94.7 Å². The molecule has 4 rings (SSSR count). The standard InChI is InChI=1S/C30H30ClN3O7S2/c1-20-5-6-21(2)27(17-20)33-42(36,37)25-13-9-23(10-14-25)32-30(35)19-34(24-11-7-22(31)8-12-24)43(38,39)26-15-16-28(40-3)29(18-26)41-4/h5-18,33H,19H2,1-4H3,(H,32,35). The van der Waals surface area contributed by atoms with Crippen molar-refractivity contribution in [3.05, 3.63) is 101 Å². The van der Waals surface area contributed by atoms with Crippen molar-refractivity contribution >= 4 is 54.6 Å². The molecule has 2 N–H and O–H groups in total. The highest BCUT2D eigenvalue weighted by Crippen LogP contribution is 2.32. The second-order valence-corrected chi connectivity index (χ2v) is 13.5. The van der Waals surface area contributed by atoms with E-state index in [1.165, 1.54) is 80.9 Å². The number of ether oxygens (including phenoxy) is 2. The van der Waals surface area contributed by atoms with Gasteiger partial charge < -0.3 is 14.8 Å². The van der Waals surface area contributed by atoms with Crippen LogP contribution in [0.4, 0.5) is 17.1 Å². The topological polar surface area (TPSA) is 131 Å². The minimum Gasteiger partial charge on any atom is -0.493 e. The second-order valence-electron chi connectivity index (χ2n) is 9.50. The number of anilines is 3. The van der Waals surface area contributed by atoms with Crippen LogP contribution in [-0.2, 0) is 24.8 Å². The lowest BCUT2D eigenvalue weighted by molar-refractivity contribution is -0.114. The Hall–Kier alpha value is -4.26. The van der Waals surface area contributed by atoms with Crippen molar-refractivity contribution < 1.29 is 31.1 Å². The maximum absolute atomic E-state index is 13.8. The quantitative estimate of drug-likeness (QED) is 0.217. The molecule has 226 valence electrons. The number of aryl methyl sites for hydroxylation is 2. The summed E-state index contributed by atoms with van der Waals surface area (Å²) < 4.78 is 67.4. The van der Waals surface area contributed by atoms with E-state index >= 15 is 0 Å². The van der Waals surface area contributed by atoms with Crippen molar-refractivity contribution in [3.8, 4) is 11.5 Å². The average Bonchev–Trinajstić information content (AvgIpc) is 2.98. The molecule has 0 saturated heterocycles. The average molecular weight is 644 g/mol. The molecule has 13 heteroatoms. The predicted molar refractivity (Wildman–Crippen MR) is 167 cm³/mol. The highest BCUT2D eigenvalue weighted by atomic mass is 35.5. The number of halogens is 1. The van der Waals surface area contributed by atoms with E-state index in [1.54, 1.807) is 13.0 Å². The van der Waals surface area contributed by atoms with Crippen molar-refractivity contribution in [1.82, 2.24) is 0 Å². The molecular weight excluding hydrogens is 614 g/mol. The summed E-state index contributed by atoms with van der Waals surface area (Å²) in [4.78, 5) is 13.0. The molecule has 0 unspecified atom stereocenters. The Balaban J connectivity index is 1.56. The van der Waals surface area contributed by atoms with E-state index < -0.39 is 32.5 Å². The first-order chi connectivity index (χ1) is 20.3. The van der Waals surface area contributed by atoms with E-state index in [9.17, 15) is 21.6 Å². The Morgan fingerprint density at radius 3 is 2.05 bits per heavy atom. The fourth-order valence-corrected chi connectivity index (χ4v) is 6.81. The first-order valence-electron chi connectivity index (χ1n) is 12.8. The summed E-state index contributed by atoms with van der Waals surface area (Å²) in [6.45, 7) is 3.07. The van der Waals surface area contributed by atoms with E-state index in [0.29, 0.717) is 16.5 Å². The molecule has 0 radical (unpaired) electrons. The normalized spacial score (nSPS) is 11.5. The lowest BCUT2D eigenvalue weighted by atomic mass is 10.1. The third-order valence-electron chi connectivity index (χ3n) is 6.43. The summed E-state index contributed by atoms with van der Waals surface area (Å²) in [7, 11) is -5.35. The van der Waals surface area contributed by atoms with Crippen LogP contribution in [0, 0.1) is 13.8 Å². The second kappa shape index (κ2) is 12.9. The molecular formula is C30H30ClN3O7S2. The van der Waals surface area contributed by atoms with Crippen LogP contribution in [-0.4, -0.2) is 43.5 Å². The highest BCUT2D eigenvalue weighted by Gasteiger charge is 2.28. The van der Waals surface area contributed by atoms with Crippen LogP contribution in [0.25, 0.3) is 0 Å². The Bertz CT molecular complexity index is 1850. The van der Waals surface area contributed by atoms with Gasteiger partial charge in [0.2, 0.25) is 5.91 Å². The lowest BCUT2D eigenvalue weighted by Crippen LogP contribution is -2.38. The molecule has 0 aliphatic heterocycles. The monoisotopic (exact) mass is 643 g/mol. The smallest absolute Gasteiger partial charge is 0.264 e. The van der Waals surface area contributed by atoms with Gasteiger partial charge in [0, 0.05) is 16.8 Å². The molecule has 0 spiro atoms. The Labute approximate surface area is 256 Å². The molecule has 0 aliphatic carbocycles. The van der Waals surface area contributed by atoms with Crippen molar-refractivity contribution in [1.29, 1.82) is 0 Å². The molecule has 0 atom stereocenters. The van der Waals surface area contributed by atoms with E-state index in [0.717, 1.165) is 15.4 Å². The van der Waals surface area contributed by atoms with Crippen LogP contribution in [0.5, 0.6) is 11.5 Å². The van der Waals surface area contributed by atoms with E-state index in [4.69, 9.17) is 21.1 Å². The third-order valence-corrected chi connectivity index (χ3v) is 9.83. The number of methoxy groups -OCH3 is 2. The van der Waals surface area contributed by atoms with Gasteiger partial charge in [0.15, 0.2) is 11.5 Å². The lowest BCUT2D eigenvalue weighted by Gasteiger charge is -2.24. The van der Waals surface area contributed by atoms with Crippen LogP contribution in [0.2, 0.25) is 5.02 Å². The number of hydrogen-bond donors (Lipinski definition) is 2. The molecule has 0 saturated carbocycles. The largest absolute Gasteiger partial charge is 0.493 e. The van der Waals surface area contributed by atoms with Crippen LogP contribution in [0.3, 0.4) is 0 Å². The van der Waals surface area contributed by atoms with Gasteiger partial charge in [0.1, 0.15) is 6.54 Å². The molecule has 1 amide bonds. The van der Waals surface area contributed by atoms with Gasteiger partial charge in [0.25, 0.3) is 20.0 Å². The zero-order valence-electron chi connectivity index (χ0n) is 23.8. The van der Waals surface area contributed by atoms with E-state index in [1.807, 2.05) is 19.1 Å². The van der Waals surface area contributed by atoms with Crippen molar-refractivity contribution in [2.45, 2.75) is 23.6 Å². The van der Waals surface area contributed by atoms with Crippen LogP contribution < -0.4 is 23.8 Å². The van der Waals surface area contributed by atoms with Crippen LogP contribution >= 0.6 is 11.6 Å². The van der Waals surface area contributed by atoms with Gasteiger partial charge in [-0.15, -0.1) is 0 Å². The van der Waals surface area contributed by atoms with E-state index in [2.05, 4.69) is 10.0 Å². The minimum atomic E-state index is -4.27. The molecule has 10 nitrogen and oxygen atoms in total. The molecule has 4 aromatic rings. The fourth-order valence-electron chi connectivity index (χ4n) is 4.12. The number of nitrogens with one attached hydrogen (secondary N) is 2. The Kier molecular flexibility index (Phi) is 9.53. The Morgan fingerprint density at radius 1 is 0.791 bits per heavy atom. The molecule has 0 aromatic heterocycles. The molecule has 0 fully saturated rings. The third kappa shape index (κ3) is 7.39. The molecule has 0 heterocycles. The zero-order chi connectivity index (χ0) is 31.4. The molecule has 43 heavy (non-hydrogen) atoms. The molecule has 4 aromatic carbocycles. The van der Waals surface area contributed by atoms with Gasteiger partial charge in [-0.3, -0.25) is 13.8 Å². The first-order valence-corrected chi connectivity index (χ1v) is 16.1. The van der Waals surface area contributed by atoms with Gasteiger partial charge in [-0.25, -0.2) is 16.8 Å². The predicted octanol–water partition coefficient (Wildman–Crippen LogP) is 5.61. The maximum Gasteiger partial charge on any atom is 0.264 e. The summed E-state index contributed by atoms with van der Waals surface area (Å²) in [6, 6.07) is 21.1. The highest BCUT2D eigenvalue weighted by molar-refractivity contribution is 7.93. The van der Waals surface area contributed by atoms with Crippen LogP contribution in [0.1, 0.15) is 11.1 Å². The molecule has 0 bridgehead atoms. The van der Waals surface area contributed by atoms with Gasteiger partial charge >= 0.3 is 0 Å².